The van der Waals surface area contributed by atoms with Gasteiger partial charge >= 0.3 is 0 Å². The number of halogens is 1. The molecule has 0 aromatic carbocycles. The number of guanidine groups is 1. The van der Waals surface area contributed by atoms with Crippen molar-refractivity contribution < 1.29 is 4.79 Å². The SMILES string of the molecule is C=CCN1CCC(NC(=NC)NCCN2CCN(C(=O)C3CCC3)CC2)CC1.I. The summed E-state index contributed by atoms with van der Waals surface area (Å²) in [4.78, 5) is 23.7. The molecule has 1 aliphatic carbocycles. The highest BCUT2D eigenvalue weighted by Gasteiger charge is 2.31. The standard InChI is InChI=1S/C21H38N6O.HI/c1-3-10-25-11-7-19(8-12-25)24-21(22-2)23-9-13-26-14-16-27(17-15-26)20(28)18-5-4-6-18;/h3,18-19H,1,4-17H2,2H3,(H2,22,23,24);1H. The molecule has 166 valence electrons. The van der Waals surface area contributed by atoms with Crippen molar-refractivity contribution in [2.75, 3.05) is 66.0 Å². The fourth-order valence-corrected chi connectivity index (χ4v) is 4.27. The topological polar surface area (TPSA) is 63.2 Å². The van der Waals surface area contributed by atoms with Gasteiger partial charge in [0.25, 0.3) is 0 Å². The highest BCUT2D eigenvalue weighted by Crippen LogP contribution is 2.28. The van der Waals surface area contributed by atoms with Gasteiger partial charge in [0.2, 0.25) is 5.91 Å². The molecule has 0 aromatic rings. The fourth-order valence-electron chi connectivity index (χ4n) is 4.27. The van der Waals surface area contributed by atoms with Crippen molar-refractivity contribution in [1.82, 2.24) is 25.3 Å². The van der Waals surface area contributed by atoms with Crippen molar-refractivity contribution in [3.8, 4) is 0 Å². The summed E-state index contributed by atoms with van der Waals surface area (Å²) in [5, 5.41) is 7.03. The molecule has 0 atom stereocenters. The van der Waals surface area contributed by atoms with Crippen molar-refractivity contribution in [2.24, 2.45) is 10.9 Å². The van der Waals surface area contributed by atoms with E-state index in [-0.39, 0.29) is 24.0 Å². The number of likely N-dealkylation sites (tertiary alicyclic amines) is 1. The highest BCUT2D eigenvalue weighted by atomic mass is 127. The molecule has 2 N–H and O–H groups in total. The van der Waals surface area contributed by atoms with Crippen molar-refractivity contribution in [2.45, 2.75) is 38.1 Å². The molecule has 2 aliphatic heterocycles. The van der Waals surface area contributed by atoms with E-state index in [4.69, 9.17) is 0 Å². The first kappa shape index (κ1) is 24.4. The lowest BCUT2D eigenvalue weighted by Crippen LogP contribution is -2.53. The predicted molar refractivity (Wildman–Crippen MR) is 130 cm³/mol. The first-order valence-electron chi connectivity index (χ1n) is 11.0. The average molecular weight is 518 g/mol. The van der Waals surface area contributed by atoms with Crippen LogP contribution >= 0.6 is 24.0 Å². The van der Waals surface area contributed by atoms with Crippen LogP contribution < -0.4 is 10.6 Å². The van der Waals surface area contributed by atoms with Gasteiger partial charge in [-0.3, -0.25) is 19.6 Å². The van der Waals surface area contributed by atoms with Gasteiger partial charge in [0.15, 0.2) is 5.96 Å². The number of carbonyl (C=O) groups is 1. The summed E-state index contributed by atoms with van der Waals surface area (Å²) in [6, 6.07) is 0.494. The summed E-state index contributed by atoms with van der Waals surface area (Å²) < 4.78 is 0. The second-order valence-electron chi connectivity index (χ2n) is 8.30. The Kier molecular flexibility index (Phi) is 10.7. The number of piperazine rings is 1. The molecule has 7 nitrogen and oxygen atoms in total. The molecule has 2 heterocycles. The zero-order chi connectivity index (χ0) is 19.8. The molecule has 1 saturated carbocycles. The third-order valence-electron chi connectivity index (χ3n) is 6.40. The van der Waals surface area contributed by atoms with Crippen LogP contribution in [-0.2, 0) is 4.79 Å². The van der Waals surface area contributed by atoms with Gasteiger partial charge in [-0.15, -0.1) is 30.6 Å². The van der Waals surface area contributed by atoms with Gasteiger partial charge in [0.05, 0.1) is 0 Å². The van der Waals surface area contributed by atoms with Crippen LogP contribution in [0, 0.1) is 5.92 Å². The molecular weight excluding hydrogens is 479 g/mol. The number of amides is 1. The Balaban J connectivity index is 0.00000300. The summed E-state index contributed by atoms with van der Waals surface area (Å²) in [5.41, 5.74) is 0. The van der Waals surface area contributed by atoms with Crippen LogP contribution in [0.1, 0.15) is 32.1 Å². The third-order valence-corrected chi connectivity index (χ3v) is 6.40. The van der Waals surface area contributed by atoms with Crippen LogP contribution in [0.5, 0.6) is 0 Å². The first-order chi connectivity index (χ1) is 13.7. The van der Waals surface area contributed by atoms with Crippen LogP contribution in [0.15, 0.2) is 17.6 Å². The van der Waals surface area contributed by atoms with Gasteiger partial charge in [-0.05, 0) is 25.7 Å². The zero-order valence-electron chi connectivity index (χ0n) is 17.9. The quantitative estimate of drug-likeness (QED) is 0.231. The summed E-state index contributed by atoms with van der Waals surface area (Å²) in [5.74, 6) is 1.62. The fraction of sp³-hybridized carbons (Fsp3) is 0.810. The number of nitrogens with zero attached hydrogens (tertiary/aromatic N) is 4. The van der Waals surface area contributed by atoms with Crippen LogP contribution in [-0.4, -0.2) is 98.6 Å². The molecule has 1 amide bonds. The molecule has 0 aromatic heterocycles. The minimum Gasteiger partial charge on any atom is -0.355 e. The van der Waals surface area contributed by atoms with E-state index >= 15 is 0 Å². The van der Waals surface area contributed by atoms with Gasteiger partial charge in [-0.1, -0.05) is 12.5 Å². The van der Waals surface area contributed by atoms with E-state index < -0.39 is 0 Å². The Morgan fingerprint density at radius 1 is 1.07 bits per heavy atom. The van der Waals surface area contributed by atoms with Crippen molar-refractivity contribution in [3.63, 3.8) is 0 Å². The molecular formula is C21H39IN6O. The summed E-state index contributed by atoms with van der Waals surface area (Å²) >= 11 is 0. The number of carbonyl (C=O) groups excluding carboxylic acids is 1. The number of hydrogen-bond donors (Lipinski definition) is 2. The van der Waals surface area contributed by atoms with Crippen molar-refractivity contribution in [3.05, 3.63) is 12.7 Å². The molecule has 8 heteroatoms. The third kappa shape index (κ3) is 7.40. The Hall–Kier alpha value is -0.870. The predicted octanol–water partition coefficient (Wildman–Crippen LogP) is 1.36. The smallest absolute Gasteiger partial charge is 0.225 e. The Morgan fingerprint density at radius 3 is 2.31 bits per heavy atom. The number of nitrogens with one attached hydrogen (secondary N) is 2. The lowest BCUT2D eigenvalue weighted by Gasteiger charge is -2.38. The van der Waals surface area contributed by atoms with Crippen LogP contribution in [0.3, 0.4) is 0 Å². The molecule has 2 saturated heterocycles. The van der Waals surface area contributed by atoms with Gasteiger partial charge in [0.1, 0.15) is 0 Å². The number of hydrogen-bond acceptors (Lipinski definition) is 4. The summed E-state index contributed by atoms with van der Waals surface area (Å²) in [6.45, 7) is 12.6. The number of piperidine rings is 1. The van der Waals surface area contributed by atoms with Gasteiger partial charge in [-0.25, -0.2) is 0 Å². The first-order valence-corrected chi connectivity index (χ1v) is 11.0. The summed E-state index contributed by atoms with van der Waals surface area (Å²) in [7, 11) is 1.84. The molecule has 29 heavy (non-hydrogen) atoms. The van der Waals surface area contributed by atoms with E-state index in [2.05, 4.69) is 36.9 Å². The second-order valence-corrected chi connectivity index (χ2v) is 8.30. The monoisotopic (exact) mass is 518 g/mol. The molecule has 3 fully saturated rings. The van der Waals surface area contributed by atoms with E-state index in [0.717, 1.165) is 90.5 Å². The van der Waals surface area contributed by atoms with E-state index in [1.165, 1.54) is 6.42 Å². The minimum absolute atomic E-state index is 0. The lowest BCUT2D eigenvalue weighted by atomic mass is 9.84. The van der Waals surface area contributed by atoms with Crippen molar-refractivity contribution >= 4 is 35.8 Å². The lowest BCUT2D eigenvalue weighted by molar-refractivity contribution is -0.139. The average Bonchev–Trinajstić information content (AvgIpc) is 2.68. The molecule has 3 rings (SSSR count). The van der Waals surface area contributed by atoms with Gasteiger partial charge < -0.3 is 15.5 Å². The van der Waals surface area contributed by atoms with Crippen LogP contribution in [0.25, 0.3) is 0 Å². The van der Waals surface area contributed by atoms with E-state index in [1.54, 1.807) is 0 Å². The largest absolute Gasteiger partial charge is 0.355 e. The summed E-state index contributed by atoms with van der Waals surface area (Å²) in [6.07, 6.45) is 7.70. The molecule has 3 aliphatic rings. The maximum absolute atomic E-state index is 12.3. The van der Waals surface area contributed by atoms with Crippen LogP contribution in [0.4, 0.5) is 0 Å². The molecule has 0 unspecified atom stereocenters. The number of aliphatic imine (C=N–C) groups is 1. The Bertz CT molecular complexity index is 537. The minimum atomic E-state index is 0. The van der Waals surface area contributed by atoms with Crippen molar-refractivity contribution in [1.29, 1.82) is 0 Å². The van der Waals surface area contributed by atoms with E-state index in [1.807, 2.05) is 13.1 Å². The van der Waals surface area contributed by atoms with Gasteiger partial charge in [0, 0.05) is 77.9 Å². The molecule has 0 radical (unpaired) electrons. The number of rotatable bonds is 7. The zero-order valence-corrected chi connectivity index (χ0v) is 20.3. The van der Waals surface area contributed by atoms with Crippen LogP contribution in [0.2, 0.25) is 0 Å². The molecule has 0 bridgehead atoms. The van der Waals surface area contributed by atoms with E-state index in [9.17, 15) is 4.79 Å². The Morgan fingerprint density at radius 2 is 1.76 bits per heavy atom. The highest BCUT2D eigenvalue weighted by molar-refractivity contribution is 14.0. The normalized spacial score (nSPS) is 22.5. The second kappa shape index (κ2) is 12.7. The Labute approximate surface area is 193 Å². The van der Waals surface area contributed by atoms with Gasteiger partial charge in [-0.2, -0.15) is 0 Å². The molecule has 0 spiro atoms. The maximum atomic E-state index is 12.3. The maximum Gasteiger partial charge on any atom is 0.225 e. The van der Waals surface area contributed by atoms with E-state index in [0.29, 0.717) is 17.9 Å².